The van der Waals surface area contributed by atoms with Gasteiger partial charge in [0.1, 0.15) is 23.8 Å². The highest BCUT2D eigenvalue weighted by molar-refractivity contribution is 5.91. The van der Waals surface area contributed by atoms with Crippen molar-refractivity contribution in [2.24, 2.45) is 0 Å². The summed E-state index contributed by atoms with van der Waals surface area (Å²) >= 11 is 0. The average molecular weight is 502 g/mol. The van der Waals surface area contributed by atoms with Crippen molar-refractivity contribution in [2.45, 2.75) is 26.1 Å². The van der Waals surface area contributed by atoms with E-state index in [0.29, 0.717) is 0 Å². The van der Waals surface area contributed by atoms with Gasteiger partial charge in [-0.2, -0.15) is 0 Å². The predicted molar refractivity (Wildman–Crippen MR) is 124 cm³/mol. The van der Waals surface area contributed by atoms with Crippen molar-refractivity contribution < 1.29 is 37.4 Å². The molecule has 1 unspecified atom stereocenters. The summed E-state index contributed by atoms with van der Waals surface area (Å²) in [6.45, 7) is 3.19. The van der Waals surface area contributed by atoms with Gasteiger partial charge in [-0.05, 0) is 36.4 Å². The summed E-state index contributed by atoms with van der Waals surface area (Å²) in [5.74, 6) is -2.04. The van der Waals surface area contributed by atoms with Gasteiger partial charge in [0.25, 0.3) is 0 Å². The number of ether oxygens (including phenoxy) is 2. The molecule has 2 N–H and O–H groups in total. The van der Waals surface area contributed by atoms with Crippen LogP contribution in [0.25, 0.3) is 11.1 Å². The Hall–Kier alpha value is -4.22. The number of halogens is 2. The van der Waals surface area contributed by atoms with Gasteiger partial charge in [0, 0.05) is 25.0 Å². The molecular weight excluding hydrogens is 478 g/mol. The van der Waals surface area contributed by atoms with Gasteiger partial charge in [0.2, 0.25) is 11.8 Å². The van der Waals surface area contributed by atoms with Crippen LogP contribution in [0.1, 0.15) is 13.8 Å². The Labute approximate surface area is 205 Å². The molecule has 2 fully saturated rings. The van der Waals surface area contributed by atoms with E-state index in [1.54, 1.807) is 0 Å². The van der Waals surface area contributed by atoms with Crippen LogP contribution in [0, 0.1) is 11.6 Å². The molecule has 2 atom stereocenters. The first-order valence-corrected chi connectivity index (χ1v) is 11.2. The van der Waals surface area contributed by atoms with Gasteiger partial charge in [-0.15, -0.1) is 0 Å². The number of hydrogen-bond donors (Lipinski definition) is 2. The second kappa shape index (κ2) is 10.2. The largest absolute Gasteiger partial charge is 0.442 e. The zero-order valence-corrected chi connectivity index (χ0v) is 19.5. The number of rotatable bonds is 7. The average Bonchev–Trinajstić information content (AvgIpc) is 3.38. The Kier molecular flexibility index (Phi) is 7.04. The Morgan fingerprint density at radius 1 is 0.806 bits per heavy atom. The van der Waals surface area contributed by atoms with Crippen molar-refractivity contribution in [3.63, 3.8) is 0 Å². The Balaban J connectivity index is 1.48. The van der Waals surface area contributed by atoms with Gasteiger partial charge in [0.05, 0.1) is 37.6 Å². The van der Waals surface area contributed by atoms with Crippen LogP contribution in [0.2, 0.25) is 0 Å². The molecular formula is C24H24F2N4O6. The van der Waals surface area contributed by atoms with Crippen LogP contribution in [0.15, 0.2) is 36.4 Å². The van der Waals surface area contributed by atoms with Gasteiger partial charge in [-0.25, -0.2) is 18.4 Å². The van der Waals surface area contributed by atoms with Crippen molar-refractivity contribution in [3.8, 4) is 11.1 Å². The summed E-state index contributed by atoms with van der Waals surface area (Å²) in [4.78, 5) is 49.0. The maximum Gasteiger partial charge on any atom is 0.414 e. The van der Waals surface area contributed by atoms with E-state index in [2.05, 4.69) is 10.6 Å². The molecule has 4 rings (SSSR count). The molecule has 10 nitrogen and oxygen atoms in total. The van der Waals surface area contributed by atoms with Gasteiger partial charge in [-0.3, -0.25) is 19.4 Å². The maximum atomic E-state index is 15.0. The highest BCUT2D eigenvalue weighted by Gasteiger charge is 2.34. The second-order valence-electron chi connectivity index (χ2n) is 8.44. The molecule has 190 valence electrons. The fourth-order valence-electron chi connectivity index (χ4n) is 3.97. The predicted octanol–water partition coefficient (Wildman–Crippen LogP) is 2.55. The topological polar surface area (TPSA) is 117 Å². The Bertz CT molecular complexity index is 1130. The lowest BCUT2D eigenvalue weighted by molar-refractivity contribution is -0.120. The van der Waals surface area contributed by atoms with Gasteiger partial charge >= 0.3 is 12.2 Å². The summed E-state index contributed by atoms with van der Waals surface area (Å²) in [5, 5.41) is 5.12. The number of hydrogen-bond acceptors (Lipinski definition) is 6. The molecule has 2 aliphatic heterocycles. The van der Waals surface area contributed by atoms with Crippen LogP contribution < -0.4 is 20.4 Å². The highest BCUT2D eigenvalue weighted by atomic mass is 19.1. The minimum atomic E-state index is -0.756. The molecule has 2 aromatic rings. The first kappa shape index (κ1) is 24.9. The van der Waals surface area contributed by atoms with E-state index in [1.165, 1.54) is 47.9 Å². The lowest BCUT2D eigenvalue weighted by Gasteiger charge is -2.16. The van der Waals surface area contributed by atoms with Gasteiger partial charge < -0.3 is 20.1 Å². The van der Waals surface area contributed by atoms with E-state index in [4.69, 9.17) is 9.47 Å². The molecule has 36 heavy (non-hydrogen) atoms. The highest BCUT2D eigenvalue weighted by Crippen LogP contribution is 2.33. The van der Waals surface area contributed by atoms with E-state index < -0.39 is 36.0 Å². The van der Waals surface area contributed by atoms with Crippen LogP contribution in [0.5, 0.6) is 0 Å². The number of amides is 4. The monoisotopic (exact) mass is 502 g/mol. The number of carbonyl (C=O) groups is 4. The molecule has 2 aromatic carbocycles. The fraction of sp³-hybridized carbons (Fsp3) is 0.333. The maximum absolute atomic E-state index is 15.0. The van der Waals surface area contributed by atoms with Crippen LogP contribution in [-0.2, 0) is 19.1 Å². The lowest BCUT2D eigenvalue weighted by Crippen LogP contribution is -2.33. The van der Waals surface area contributed by atoms with Gasteiger partial charge in [0.15, 0.2) is 0 Å². The first-order chi connectivity index (χ1) is 17.1. The summed E-state index contributed by atoms with van der Waals surface area (Å²) in [6, 6.07) is 7.86. The quantitative estimate of drug-likeness (QED) is 0.601. The van der Waals surface area contributed by atoms with Crippen LogP contribution in [0.4, 0.5) is 29.7 Å². The van der Waals surface area contributed by atoms with E-state index in [9.17, 15) is 28.0 Å². The summed E-state index contributed by atoms with van der Waals surface area (Å²) < 4.78 is 40.4. The second-order valence-corrected chi connectivity index (χ2v) is 8.44. The SMILES string of the molecule is CC(=O)NCC1CN(c2ccc(-c3ccc(N4C[C@H](CNC(C)=O)OC4=O)cc3F)c(F)c2)C(=O)O1. The minimum absolute atomic E-state index is 0.0299. The first-order valence-electron chi connectivity index (χ1n) is 11.2. The molecule has 12 heteroatoms. The van der Waals surface area contributed by atoms with Crippen molar-refractivity contribution >= 4 is 35.4 Å². The number of anilines is 2. The van der Waals surface area contributed by atoms with Crippen molar-refractivity contribution in [2.75, 3.05) is 36.0 Å². The number of nitrogens with zero attached hydrogens (tertiary/aromatic N) is 2. The number of nitrogens with one attached hydrogen (secondary N) is 2. The van der Waals surface area contributed by atoms with E-state index >= 15 is 0 Å². The van der Waals surface area contributed by atoms with E-state index in [1.807, 2.05) is 0 Å². The summed E-state index contributed by atoms with van der Waals surface area (Å²) in [7, 11) is 0. The van der Waals surface area contributed by atoms with E-state index in [-0.39, 0.29) is 60.5 Å². The number of carbonyl (C=O) groups excluding carboxylic acids is 4. The molecule has 0 bridgehead atoms. The van der Waals surface area contributed by atoms with Gasteiger partial charge in [-0.1, -0.05) is 0 Å². The fourth-order valence-corrected chi connectivity index (χ4v) is 3.97. The number of benzene rings is 2. The molecule has 2 heterocycles. The smallest absolute Gasteiger partial charge is 0.414 e. The molecule has 0 saturated carbocycles. The van der Waals surface area contributed by atoms with Crippen molar-refractivity contribution in [1.82, 2.24) is 10.6 Å². The number of cyclic esters (lactones) is 2. The molecule has 0 spiro atoms. The van der Waals surface area contributed by atoms with Crippen LogP contribution in [0.3, 0.4) is 0 Å². The van der Waals surface area contributed by atoms with Crippen molar-refractivity contribution in [1.29, 1.82) is 0 Å². The minimum Gasteiger partial charge on any atom is -0.442 e. The molecule has 0 aliphatic carbocycles. The van der Waals surface area contributed by atoms with Crippen molar-refractivity contribution in [3.05, 3.63) is 48.0 Å². The normalized spacial score (nSPS) is 19.2. The molecule has 2 saturated heterocycles. The zero-order chi connectivity index (χ0) is 26.0. The molecule has 2 aliphatic rings. The summed E-state index contributed by atoms with van der Waals surface area (Å²) in [5.41, 5.74) is 0.401. The zero-order valence-electron chi connectivity index (χ0n) is 19.5. The lowest BCUT2D eigenvalue weighted by atomic mass is 10.0. The van der Waals surface area contributed by atoms with E-state index in [0.717, 1.165) is 12.1 Å². The third kappa shape index (κ3) is 5.37. The Morgan fingerprint density at radius 2 is 1.19 bits per heavy atom. The standard InChI is InChI=1S/C24H24F2N4O6/c1-13(31)27-9-17-11-29(23(33)35-17)15-3-5-19(21(25)7-15)20-6-4-16(8-22(20)26)30-12-18(36-24(30)34)10-28-14(2)32/h3-8,17-18H,9-12H2,1-2H3,(H,27,31)(H,28,32)/t17-,18?/m0/s1. The van der Waals surface area contributed by atoms with Crippen LogP contribution in [-0.4, -0.2) is 62.4 Å². The summed E-state index contributed by atoms with van der Waals surface area (Å²) in [6.07, 6.45) is -2.52. The third-order valence-electron chi connectivity index (χ3n) is 5.72. The molecule has 4 amide bonds. The molecule has 0 aromatic heterocycles. The van der Waals surface area contributed by atoms with Crippen LogP contribution >= 0.6 is 0 Å². The third-order valence-corrected chi connectivity index (χ3v) is 5.72. The molecule has 0 radical (unpaired) electrons. The Morgan fingerprint density at radius 3 is 1.53 bits per heavy atom.